The van der Waals surface area contributed by atoms with E-state index in [2.05, 4.69) is 16.7 Å². The first-order valence-electron chi connectivity index (χ1n) is 6.58. The average molecular weight is 246 g/mol. The van der Waals surface area contributed by atoms with Crippen molar-refractivity contribution in [1.82, 2.24) is 0 Å². The topological polar surface area (TPSA) is 50.4 Å². The summed E-state index contributed by atoms with van der Waals surface area (Å²) in [7, 11) is 0. The number of anilines is 2. The molecule has 2 aliphatic rings. The summed E-state index contributed by atoms with van der Waals surface area (Å²) in [5.74, 6) is 0.0808. The van der Waals surface area contributed by atoms with Gasteiger partial charge in [0, 0.05) is 24.5 Å². The van der Waals surface area contributed by atoms with Gasteiger partial charge in [-0.3, -0.25) is 4.79 Å². The molecule has 1 saturated heterocycles. The number of aryl methyl sites for hydroxylation is 1. The third-order valence-electron chi connectivity index (χ3n) is 3.62. The van der Waals surface area contributed by atoms with Gasteiger partial charge in [-0.15, -0.1) is 0 Å². The van der Waals surface area contributed by atoms with Gasteiger partial charge in [-0.25, -0.2) is 0 Å². The third kappa shape index (κ3) is 2.34. The molecule has 18 heavy (non-hydrogen) atoms. The van der Waals surface area contributed by atoms with Gasteiger partial charge < -0.3 is 15.4 Å². The van der Waals surface area contributed by atoms with Crippen LogP contribution < -0.4 is 10.6 Å². The summed E-state index contributed by atoms with van der Waals surface area (Å²) in [6.45, 7) is 2.26. The highest BCUT2D eigenvalue weighted by Crippen LogP contribution is 2.26. The third-order valence-corrected chi connectivity index (χ3v) is 3.62. The van der Waals surface area contributed by atoms with E-state index in [0.29, 0.717) is 13.2 Å². The van der Waals surface area contributed by atoms with Crippen molar-refractivity contribution in [1.29, 1.82) is 0 Å². The Morgan fingerprint density at radius 3 is 3.22 bits per heavy atom. The fourth-order valence-corrected chi connectivity index (χ4v) is 2.52. The van der Waals surface area contributed by atoms with Crippen LogP contribution >= 0.6 is 0 Å². The van der Waals surface area contributed by atoms with Gasteiger partial charge in [-0.2, -0.15) is 0 Å². The second-order valence-corrected chi connectivity index (χ2v) is 4.95. The molecule has 1 fully saturated rings. The molecular weight excluding hydrogens is 228 g/mol. The van der Waals surface area contributed by atoms with Gasteiger partial charge in [0.1, 0.15) is 0 Å². The monoisotopic (exact) mass is 246 g/mol. The second kappa shape index (κ2) is 4.98. The molecule has 2 N–H and O–H groups in total. The van der Waals surface area contributed by atoms with E-state index in [9.17, 15) is 4.79 Å². The Morgan fingerprint density at radius 1 is 1.44 bits per heavy atom. The van der Waals surface area contributed by atoms with Crippen LogP contribution in [0.4, 0.5) is 11.4 Å². The normalized spacial score (nSPS) is 22.1. The van der Waals surface area contributed by atoms with Crippen molar-refractivity contribution in [3.63, 3.8) is 0 Å². The Labute approximate surface area is 107 Å². The summed E-state index contributed by atoms with van der Waals surface area (Å²) in [5, 5.41) is 6.34. The molecule has 2 aliphatic heterocycles. The van der Waals surface area contributed by atoms with Gasteiger partial charge in [0.25, 0.3) is 0 Å². The minimum absolute atomic E-state index is 0.00833. The summed E-state index contributed by atoms with van der Waals surface area (Å²) in [5.41, 5.74) is 3.37. The zero-order chi connectivity index (χ0) is 12.4. The zero-order valence-electron chi connectivity index (χ0n) is 10.4. The van der Waals surface area contributed by atoms with Crippen molar-refractivity contribution in [3.8, 4) is 0 Å². The predicted molar refractivity (Wildman–Crippen MR) is 70.8 cm³/mol. The second-order valence-electron chi connectivity index (χ2n) is 4.95. The number of benzene rings is 1. The average Bonchev–Trinajstić information content (AvgIpc) is 2.92. The lowest BCUT2D eigenvalue weighted by atomic mass is 10.0. The fourth-order valence-electron chi connectivity index (χ4n) is 2.52. The number of rotatable bonds is 2. The van der Waals surface area contributed by atoms with Gasteiger partial charge >= 0.3 is 0 Å². The molecule has 0 aromatic heterocycles. The molecule has 0 aliphatic carbocycles. The Kier molecular flexibility index (Phi) is 3.19. The molecule has 1 aromatic carbocycles. The van der Waals surface area contributed by atoms with E-state index in [1.165, 1.54) is 12.0 Å². The molecule has 2 heterocycles. The highest BCUT2D eigenvalue weighted by atomic mass is 16.5. The quantitative estimate of drug-likeness (QED) is 0.839. The van der Waals surface area contributed by atoms with Crippen LogP contribution in [0.1, 0.15) is 18.4 Å². The number of amides is 1. The number of hydrogen-bond acceptors (Lipinski definition) is 3. The molecule has 0 radical (unpaired) electrons. The fraction of sp³-hybridized carbons (Fsp3) is 0.500. The van der Waals surface area contributed by atoms with E-state index in [-0.39, 0.29) is 11.8 Å². The van der Waals surface area contributed by atoms with E-state index in [4.69, 9.17) is 4.74 Å². The van der Waals surface area contributed by atoms with Gasteiger partial charge in [0.2, 0.25) is 5.91 Å². The van der Waals surface area contributed by atoms with E-state index >= 15 is 0 Å². The molecule has 1 amide bonds. The van der Waals surface area contributed by atoms with Gasteiger partial charge in [-0.05, 0) is 37.0 Å². The molecule has 4 nitrogen and oxygen atoms in total. The van der Waals surface area contributed by atoms with Gasteiger partial charge in [0.05, 0.1) is 12.5 Å². The lowest BCUT2D eigenvalue weighted by Crippen LogP contribution is -2.23. The minimum atomic E-state index is 0.00833. The van der Waals surface area contributed by atoms with Crippen LogP contribution in [0.3, 0.4) is 0 Å². The van der Waals surface area contributed by atoms with Crippen LogP contribution in [0.5, 0.6) is 0 Å². The highest BCUT2D eigenvalue weighted by Gasteiger charge is 2.23. The first-order chi connectivity index (χ1) is 8.83. The Balaban J connectivity index is 1.70. The number of nitrogens with one attached hydrogen (secondary N) is 2. The largest absolute Gasteiger partial charge is 0.385 e. The van der Waals surface area contributed by atoms with E-state index in [1.54, 1.807) is 0 Å². The Morgan fingerprint density at radius 2 is 2.39 bits per heavy atom. The van der Waals surface area contributed by atoms with Crippen molar-refractivity contribution >= 4 is 17.3 Å². The molecular formula is C14H18N2O2. The van der Waals surface area contributed by atoms with Crippen molar-refractivity contribution in [2.45, 2.75) is 19.3 Å². The smallest absolute Gasteiger partial charge is 0.229 e. The van der Waals surface area contributed by atoms with Crippen LogP contribution in [0.25, 0.3) is 0 Å². The Bertz CT molecular complexity index is 453. The molecule has 1 aromatic rings. The maximum atomic E-state index is 12.0. The molecule has 1 unspecified atom stereocenters. The molecule has 0 saturated carbocycles. The molecule has 0 bridgehead atoms. The summed E-state index contributed by atoms with van der Waals surface area (Å²) < 4.78 is 5.23. The van der Waals surface area contributed by atoms with Gasteiger partial charge in [-0.1, -0.05) is 6.07 Å². The molecule has 4 heteroatoms. The summed E-state index contributed by atoms with van der Waals surface area (Å²) >= 11 is 0. The lowest BCUT2D eigenvalue weighted by molar-refractivity contribution is -0.119. The number of carbonyl (C=O) groups is 1. The predicted octanol–water partition coefficient (Wildman–Crippen LogP) is 2.02. The molecule has 96 valence electrons. The molecule has 0 spiro atoms. The highest BCUT2D eigenvalue weighted by molar-refractivity contribution is 5.93. The maximum absolute atomic E-state index is 12.0. The van der Waals surface area contributed by atoms with Crippen molar-refractivity contribution in [2.75, 3.05) is 30.4 Å². The summed E-state index contributed by atoms with van der Waals surface area (Å²) in [4.78, 5) is 12.0. The summed E-state index contributed by atoms with van der Waals surface area (Å²) in [6, 6.07) is 6.12. The maximum Gasteiger partial charge on any atom is 0.229 e. The lowest BCUT2D eigenvalue weighted by Gasteiger charge is -2.19. The minimum Gasteiger partial charge on any atom is -0.385 e. The standard InChI is InChI=1S/C14H18N2O2/c17-14(11-5-7-18-9-11)16-12-4-3-10-2-1-6-15-13(10)8-12/h3-4,8,11,15H,1-2,5-7,9H2,(H,16,17). The first kappa shape index (κ1) is 11.5. The van der Waals surface area contributed by atoms with Crippen molar-refractivity contribution < 1.29 is 9.53 Å². The Hall–Kier alpha value is -1.55. The van der Waals surface area contributed by atoms with Crippen LogP contribution in [0.15, 0.2) is 18.2 Å². The van der Waals surface area contributed by atoms with E-state index < -0.39 is 0 Å². The van der Waals surface area contributed by atoms with Crippen molar-refractivity contribution in [3.05, 3.63) is 23.8 Å². The number of ether oxygens (including phenoxy) is 1. The van der Waals surface area contributed by atoms with Crippen LogP contribution in [0.2, 0.25) is 0 Å². The van der Waals surface area contributed by atoms with Crippen molar-refractivity contribution in [2.24, 2.45) is 5.92 Å². The van der Waals surface area contributed by atoms with Gasteiger partial charge in [0.15, 0.2) is 0 Å². The van der Waals surface area contributed by atoms with E-state index in [1.807, 2.05) is 12.1 Å². The SMILES string of the molecule is O=C(Nc1ccc2c(c1)NCCC2)C1CCOC1. The number of carbonyl (C=O) groups excluding carboxylic acids is 1. The first-order valence-corrected chi connectivity index (χ1v) is 6.58. The number of fused-ring (bicyclic) bond motifs is 1. The molecule has 3 rings (SSSR count). The summed E-state index contributed by atoms with van der Waals surface area (Å²) in [6.07, 6.45) is 3.13. The van der Waals surface area contributed by atoms with Crippen LogP contribution in [0, 0.1) is 5.92 Å². The van der Waals surface area contributed by atoms with Crippen LogP contribution in [-0.4, -0.2) is 25.7 Å². The molecule has 1 atom stereocenters. The number of hydrogen-bond donors (Lipinski definition) is 2. The zero-order valence-corrected chi connectivity index (χ0v) is 10.4. The van der Waals surface area contributed by atoms with E-state index in [0.717, 1.165) is 30.8 Å². The van der Waals surface area contributed by atoms with Crippen LogP contribution in [-0.2, 0) is 16.0 Å².